The number of fused-ring (bicyclic) bond motifs is 1. The minimum Gasteiger partial charge on any atom is -0.393 e. The van der Waals surface area contributed by atoms with Crippen LogP contribution in [0, 0.1) is 11.3 Å². The van der Waals surface area contributed by atoms with Gasteiger partial charge in [0.2, 0.25) is 0 Å². The zero-order valence-electron chi connectivity index (χ0n) is 17.4. The summed E-state index contributed by atoms with van der Waals surface area (Å²) in [5, 5.41) is 10.9. The van der Waals surface area contributed by atoms with Gasteiger partial charge in [0, 0.05) is 11.5 Å². The number of ketones is 1. The molecule has 2 aromatic rings. The summed E-state index contributed by atoms with van der Waals surface area (Å²) in [6, 6.07) is 20.2. The van der Waals surface area contributed by atoms with E-state index in [2.05, 4.69) is 31.2 Å². The highest BCUT2D eigenvalue weighted by Crippen LogP contribution is 2.62. The highest BCUT2D eigenvalue weighted by molar-refractivity contribution is 6.10. The van der Waals surface area contributed by atoms with E-state index < -0.39 is 11.5 Å². The van der Waals surface area contributed by atoms with E-state index >= 15 is 0 Å². The summed E-state index contributed by atoms with van der Waals surface area (Å²) in [4.78, 5) is 14.0. The summed E-state index contributed by atoms with van der Waals surface area (Å²) in [6.45, 7) is 2.23. The van der Waals surface area contributed by atoms with Crippen LogP contribution in [0.4, 0.5) is 0 Å². The second kappa shape index (κ2) is 8.67. The second-order valence-electron chi connectivity index (χ2n) is 8.74. The van der Waals surface area contributed by atoms with E-state index in [1.165, 1.54) is 36.0 Å². The molecule has 2 aliphatic rings. The van der Waals surface area contributed by atoms with Crippen LogP contribution in [0.25, 0.3) is 5.57 Å². The third-order valence-corrected chi connectivity index (χ3v) is 7.03. The number of unbranched alkanes of at least 4 members (excludes halogenated alkanes) is 3. The minimum absolute atomic E-state index is 0.00610. The van der Waals surface area contributed by atoms with Crippen molar-refractivity contribution >= 4 is 11.4 Å². The predicted octanol–water partition coefficient (Wildman–Crippen LogP) is 6.45. The van der Waals surface area contributed by atoms with Gasteiger partial charge in [0.05, 0.1) is 11.5 Å². The van der Waals surface area contributed by atoms with Gasteiger partial charge in [-0.2, -0.15) is 0 Å². The number of aliphatic hydroxyl groups excluding tert-OH is 1. The summed E-state index contributed by atoms with van der Waals surface area (Å²) in [6.07, 6.45) is 7.84. The average Bonchev–Trinajstić information content (AvgIpc) is 3.27. The first kappa shape index (κ1) is 20.1. The Morgan fingerprint density at radius 1 is 1.00 bits per heavy atom. The lowest BCUT2D eigenvalue weighted by Crippen LogP contribution is -2.36. The number of hydrogen-bond acceptors (Lipinski definition) is 2. The van der Waals surface area contributed by atoms with Gasteiger partial charge >= 0.3 is 0 Å². The Hall–Kier alpha value is -2.19. The molecule has 1 saturated carbocycles. The molecule has 29 heavy (non-hydrogen) atoms. The van der Waals surface area contributed by atoms with Gasteiger partial charge in [-0.1, -0.05) is 92.4 Å². The lowest BCUT2D eigenvalue weighted by molar-refractivity contribution is 0.0710. The Kier molecular flexibility index (Phi) is 6.01. The first-order valence-corrected chi connectivity index (χ1v) is 11.2. The van der Waals surface area contributed by atoms with E-state index in [1.54, 1.807) is 0 Å². The van der Waals surface area contributed by atoms with Gasteiger partial charge in [-0.15, -0.1) is 0 Å². The highest BCUT2D eigenvalue weighted by atomic mass is 16.3. The molecule has 3 atom stereocenters. The summed E-state index contributed by atoms with van der Waals surface area (Å²) < 4.78 is 0. The molecular formula is C27H32O2. The Labute approximate surface area is 174 Å². The van der Waals surface area contributed by atoms with Crippen molar-refractivity contribution in [2.75, 3.05) is 0 Å². The third-order valence-electron chi connectivity index (χ3n) is 7.03. The van der Waals surface area contributed by atoms with Crippen LogP contribution >= 0.6 is 0 Å². The first-order valence-electron chi connectivity index (χ1n) is 11.2. The largest absolute Gasteiger partial charge is 0.393 e. The van der Waals surface area contributed by atoms with E-state index in [4.69, 9.17) is 0 Å². The normalized spacial score (nSPS) is 26.0. The molecule has 4 rings (SSSR count). The Balaban J connectivity index is 1.80. The number of hydrogen-bond donors (Lipinski definition) is 1. The predicted molar refractivity (Wildman–Crippen MR) is 119 cm³/mol. The number of aliphatic hydroxyl groups is 1. The molecule has 0 aliphatic heterocycles. The summed E-state index contributed by atoms with van der Waals surface area (Å²) in [5.41, 5.74) is 3.99. The smallest absolute Gasteiger partial charge is 0.173 e. The van der Waals surface area contributed by atoms with Crippen LogP contribution in [-0.2, 0) is 0 Å². The van der Waals surface area contributed by atoms with Gasteiger partial charge in [0.1, 0.15) is 0 Å². The van der Waals surface area contributed by atoms with Crippen LogP contribution in [0.5, 0.6) is 0 Å². The molecule has 0 saturated heterocycles. The molecule has 152 valence electrons. The maximum atomic E-state index is 14.0. The topological polar surface area (TPSA) is 37.3 Å². The molecule has 0 amide bonds. The van der Waals surface area contributed by atoms with Crippen molar-refractivity contribution in [2.45, 2.75) is 64.4 Å². The van der Waals surface area contributed by atoms with Crippen LogP contribution in [-0.4, -0.2) is 17.0 Å². The third kappa shape index (κ3) is 3.59. The lowest BCUT2D eigenvalue weighted by Gasteiger charge is -2.33. The Bertz CT molecular complexity index is 868. The van der Waals surface area contributed by atoms with Crippen molar-refractivity contribution in [1.29, 1.82) is 0 Å². The molecule has 2 heteroatoms. The molecule has 0 spiro atoms. The maximum absolute atomic E-state index is 14.0. The van der Waals surface area contributed by atoms with Gasteiger partial charge < -0.3 is 5.11 Å². The van der Waals surface area contributed by atoms with Gasteiger partial charge in [0.25, 0.3) is 0 Å². The Morgan fingerprint density at radius 3 is 2.38 bits per heavy atom. The van der Waals surface area contributed by atoms with Gasteiger partial charge in [-0.25, -0.2) is 0 Å². The van der Waals surface area contributed by atoms with E-state index in [-0.39, 0.29) is 11.7 Å². The van der Waals surface area contributed by atoms with Gasteiger partial charge in [-0.3, -0.25) is 4.79 Å². The molecule has 0 radical (unpaired) electrons. The molecule has 1 N–H and O–H groups in total. The highest BCUT2D eigenvalue weighted by Gasteiger charge is 2.59. The van der Waals surface area contributed by atoms with Gasteiger partial charge in [-0.05, 0) is 43.2 Å². The molecule has 0 unspecified atom stereocenters. The van der Waals surface area contributed by atoms with Crippen LogP contribution in [0.2, 0.25) is 0 Å². The standard InChI is InChI=1S/C27H32O2/c1-2-3-4-7-16-22-19-23-24(28)17-18-27(23,25(22)20-12-8-5-9-13-20)26(29)21-14-10-6-11-15-21/h5-6,8-15,23-24,28H,2-4,7,16-19H2,1H3/t23-,24+,27-/m0/s1. The molecule has 0 bridgehead atoms. The number of carbonyl (C=O) groups excluding carboxylic acids is 1. The molecule has 0 heterocycles. The monoisotopic (exact) mass is 388 g/mol. The molecule has 1 fully saturated rings. The van der Waals surface area contributed by atoms with Crippen LogP contribution in [0.3, 0.4) is 0 Å². The Morgan fingerprint density at radius 2 is 1.69 bits per heavy atom. The molecular weight excluding hydrogens is 356 g/mol. The van der Waals surface area contributed by atoms with E-state index in [0.717, 1.165) is 31.2 Å². The van der Waals surface area contributed by atoms with E-state index in [9.17, 15) is 9.90 Å². The number of rotatable bonds is 8. The number of benzene rings is 2. The zero-order chi connectivity index (χ0) is 20.3. The van der Waals surface area contributed by atoms with Crippen LogP contribution < -0.4 is 0 Å². The molecule has 0 aromatic heterocycles. The SMILES string of the molecule is CCCCCCC1=C(c2ccccc2)[C@]2(C(=O)c3ccccc3)CC[C@@H](O)[C@@H]2C1. The fourth-order valence-corrected chi connectivity index (χ4v) is 5.70. The fourth-order valence-electron chi connectivity index (χ4n) is 5.70. The molecule has 2 nitrogen and oxygen atoms in total. The number of carbonyl (C=O) groups is 1. The number of allylic oxidation sites excluding steroid dienone is 2. The quantitative estimate of drug-likeness (QED) is 0.416. The van der Waals surface area contributed by atoms with Gasteiger partial charge in [0.15, 0.2) is 5.78 Å². The van der Waals surface area contributed by atoms with Crippen molar-refractivity contribution in [3.8, 4) is 0 Å². The minimum atomic E-state index is -0.581. The molecule has 2 aromatic carbocycles. The van der Waals surface area contributed by atoms with Crippen LogP contribution in [0.15, 0.2) is 66.2 Å². The van der Waals surface area contributed by atoms with Crippen molar-refractivity contribution in [2.24, 2.45) is 11.3 Å². The fraction of sp³-hybridized carbons (Fsp3) is 0.444. The second-order valence-corrected chi connectivity index (χ2v) is 8.74. The first-order chi connectivity index (χ1) is 14.2. The summed E-state index contributed by atoms with van der Waals surface area (Å²) >= 11 is 0. The van der Waals surface area contributed by atoms with E-state index in [1.807, 2.05) is 36.4 Å². The lowest BCUT2D eigenvalue weighted by atomic mass is 9.68. The number of Topliss-reactive ketones (excluding diaryl/α,β-unsaturated/α-hetero) is 1. The van der Waals surface area contributed by atoms with Crippen molar-refractivity contribution in [3.05, 3.63) is 77.4 Å². The van der Waals surface area contributed by atoms with E-state index in [0.29, 0.717) is 6.42 Å². The van der Waals surface area contributed by atoms with Crippen molar-refractivity contribution < 1.29 is 9.90 Å². The summed E-state index contributed by atoms with van der Waals surface area (Å²) in [7, 11) is 0. The van der Waals surface area contributed by atoms with Crippen molar-refractivity contribution in [3.63, 3.8) is 0 Å². The average molecular weight is 389 g/mol. The van der Waals surface area contributed by atoms with Crippen molar-refractivity contribution in [1.82, 2.24) is 0 Å². The zero-order valence-corrected chi connectivity index (χ0v) is 17.4. The summed E-state index contributed by atoms with van der Waals surface area (Å²) in [5.74, 6) is 0.202. The van der Waals surface area contributed by atoms with Crippen LogP contribution in [0.1, 0.15) is 74.2 Å². The maximum Gasteiger partial charge on any atom is 0.173 e. The molecule has 2 aliphatic carbocycles.